The number of amides is 1. The third-order valence-electron chi connectivity index (χ3n) is 4.32. The van der Waals surface area contributed by atoms with Crippen LogP contribution in [-0.4, -0.2) is 30.4 Å². The molecule has 1 heterocycles. The molecule has 1 aliphatic heterocycles. The predicted molar refractivity (Wildman–Crippen MR) is 67.6 cm³/mol. The van der Waals surface area contributed by atoms with E-state index in [0.717, 1.165) is 38.8 Å². The first-order chi connectivity index (χ1) is 7.05. The molecule has 16 heavy (non-hydrogen) atoms. The van der Waals surface area contributed by atoms with Crippen molar-refractivity contribution in [3.05, 3.63) is 0 Å². The van der Waals surface area contributed by atoms with Crippen molar-refractivity contribution < 1.29 is 4.79 Å². The van der Waals surface area contributed by atoms with Gasteiger partial charge >= 0.3 is 0 Å². The van der Waals surface area contributed by atoms with E-state index in [9.17, 15) is 4.79 Å². The number of carbonyl (C=O) groups is 1. The van der Waals surface area contributed by atoms with Crippen molar-refractivity contribution in [1.29, 1.82) is 0 Å². The molecule has 1 aliphatic carbocycles. The van der Waals surface area contributed by atoms with Crippen LogP contribution in [-0.2, 0) is 4.79 Å². The van der Waals surface area contributed by atoms with Gasteiger partial charge in [0.25, 0.3) is 0 Å². The molecular formula is C12H23ClN2O. The van der Waals surface area contributed by atoms with Crippen LogP contribution in [0, 0.1) is 10.8 Å². The molecule has 1 saturated heterocycles. The maximum atomic E-state index is 12.2. The number of halogens is 1. The molecule has 2 rings (SSSR count). The summed E-state index contributed by atoms with van der Waals surface area (Å²) in [5.74, 6) is 0.391. The van der Waals surface area contributed by atoms with E-state index in [1.165, 1.54) is 0 Å². The van der Waals surface area contributed by atoms with Gasteiger partial charge in [-0.15, -0.1) is 12.4 Å². The summed E-state index contributed by atoms with van der Waals surface area (Å²) in [5.41, 5.74) is 5.94. The Balaban J connectivity index is 0.00000128. The summed E-state index contributed by atoms with van der Waals surface area (Å²) in [7, 11) is 0. The highest BCUT2D eigenvalue weighted by molar-refractivity contribution is 5.85. The predicted octanol–water partition coefficient (Wildman–Crippen LogP) is 1.80. The summed E-state index contributed by atoms with van der Waals surface area (Å²) in [6, 6.07) is 0. The first-order valence-electron chi connectivity index (χ1n) is 6.05. The van der Waals surface area contributed by atoms with Crippen LogP contribution in [0.3, 0.4) is 0 Å². The average molecular weight is 247 g/mol. The van der Waals surface area contributed by atoms with E-state index < -0.39 is 0 Å². The highest BCUT2D eigenvalue weighted by atomic mass is 35.5. The van der Waals surface area contributed by atoms with Gasteiger partial charge in [0.1, 0.15) is 0 Å². The number of carbonyl (C=O) groups excluding carboxylic acids is 1. The highest BCUT2D eigenvalue weighted by Gasteiger charge is 2.51. The van der Waals surface area contributed by atoms with Gasteiger partial charge in [-0.1, -0.05) is 13.8 Å². The first kappa shape index (κ1) is 13.8. The lowest BCUT2D eigenvalue weighted by molar-refractivity contribution is -0.136. The summed E-state index contributed by atoms with van der Waals surface area (Å²) in [4.78, 5) is 14.3. The first-order valence-corrected chi connectivity index (χ1v) is 6.05. The summed E-state index contributed by atoms with van der Waals surface area (Å²) in [6.45, 7) is 6.78. The van der Waals surface area contributed by atoms with Crippen molar-refractivity contribution in [2.75, 3.05) is 19.6 Å². The molecule has 2 N–H and O–H groups in total. The fourth-order valence-electron chi connectivity index (χ4n) is 2.57. The molecule has 0 aromatic rings. The number of nitrogens with two attached hydrogens (primary N) is 1. The second-order valence-corrected chi connectivity index (χ2v) is 5.63. The minimum atomic E-state index is 0. The Kier molecular flexibility index (Phi) is 3.91. The van der Waals surface area contributed by atoms with Crippen molar-refractivity contribution in [2.24, 2.45) is 16.6 Å². The van der Waals surface area contributed by atoms with Gasteiger partial charge in [-0.05, 0) is 37.6 Å². The Labute approximate surface area is 104 Å². The second kappa shape index (κ2) is 4.53. The largest absolute Gasteiger partial charge is 0.342 e. The Bertz CT molecular complexity index is 278. The van der Waals surface area contributed by atoms with Crippen LogP contribution in [0.4, 0.5) is 0 Å². The van der Waals surface area contributed by atoms with E-state index in [2.05, 4.69) is 13.8 Å². The van der Waals surface area contributed by atoms with Crippen LogP contribution >= 0.6 is 12.4 Å². The molecule has 4 heteroatoms. The number of hydrogen-bond donors (Lipinski definition) is 1. The van der Waals surface area contributed by atoms with Gasteiger partial charge in [-0.25, -0.2) is 0 Å². The topological polar surface area (TPSA) is 46.3 Å². The van der Waals surface area contributed by atoms with Crippen LogP contribution in [0.25, 0.3) is 0 Å². The van der Waals surface area contributed by atoms with Crippen molar-refractivity contribution >= 4 is 18.3 Å². The quantitative estimate of drug-likeness (QED) is 0.826. The van der Waals surface area contributed by atoms with Gasteiger partial charge in [0, 0.05) is 18.5 Å². The van der Waals surface area contributed by atoms with Gasteiger partial charge in [0.05, 0.1) is 0 Å². The lowest BCUT2D eigenvalue weighted by Gasteiger charge is -2.25. The monoisotopic (exact) mass is 246 g/mol. The summed E-state index contributed by atoms with van der Waals surface area (Å²) >= 11 is 0. The molecule has 94 valence electrons. The molecule has 0 aromatic heterocycles. The third-order valence-corrected chi connectivity index (χ3v) is 4.32. The Morgan fingerprint density at radius 3 is 2.38 bits per heavy atom. The number of hydrogen-bond acceptors (Lipinski definition) is 2. The average Bonchev–Trinajstić information content (AvgIpc) is 2.96. The van der Waals surface area contributed by atoms with Crippen LogP contribution in [0.5, 0.6) is 0 Å². The molecule has 1 unspecified atom stereocenters. The van der Waals surface area contributed by atoms with Gasteiger partial charge in [0.2, 0.25) is 5.91 Å². The minimum Gasteiger partial charge on any atom is -0.342 e. The highest BCUT2D eigenvalue weighted by Crippen LogP contribution is 2.51. The molecule has 0 bridgehead atoms. The zero-order valence-corrected chi connectivity index (χ0v) is 11.1. The van der Waals surface area contributed by atoms with E-state index in [0.29, 0.717) is 12.5 Å². The van der Waals surface area contributed by atoms with Gasteiger partial charge in [-0.3, -0.25) is 4.79 Å². The van der Waals surface area contributed by atoms with Crippen LogP contribution in [0.2, 0.25) is 0 Å². The smallest absolute Gasteiger partial charge is 0.228 e. The van der Waals surface area contributed by atoms with E-state index in [-0.39, 0.29) is 23.2 Å². The summed E-state index contributed by atoms with van der Waals surface area (Å²) in [5, 5.41) is 0. The molecule has 2 fully saturated rings. The number of rotatable bonds is 3. The maximum Gasteiger partial charge on any atom is 0.228 e. The van der Waals surface area contributed by atoms with E-state index in [1.807, 2.05) is 4.90 Å². The molecule has 1 atom stereocenters. The molecule has 0 spiro atoms. The van der Waals surface area contributed by atoms with Crippen LogP contribution in [0.1, 0.15) is 39.5 Å². The Hall–Kier alpha value is -0.280. The van der Waals surface area contributed by atoms with E-state index in [1.54, 1.807) is 0 Å². The van der Waals surface area contributed by atoms with Crippen molar-refractivity contribution in [3.63, 3.8) is 0 Å². The molecule has 0 aromatic carbocycles. The molecule has 3 nitrogen and oxygen atoms in total. The SMILES string of the molecule is CCC1(C(=O)N2CCC(C)(CN)C2)CC1.Cl. The van der Waals surface area contributed by atoms with Gasteiger partial charge < -0.3 is 10.6 Å². The van der Waals surface area contributed by atoms with Crippen molar-refractivity contribution in [2.45, 2.75) is 39.5 Å². The number of nitrogens with zero attached hydrogens (tertiary/aromatic N) is 1. The lowest BCUT2D eigenvalue weighted by Crippen LogP contribution is -2.38. The second-order valence-electron chi connectivity index (χ2n) is 5.63. The minimum absolute atomic E-state index is 0. The Morgan fingerprint density at radius 2 is 2.00 bits per heavy atom. The molecule has 1 saturated carbocycles. The van der Waals surface area contributed by atoms with E-state index >= 15 is 0 Å². The fraction of sp³-hybridized carbons (Fsp3) is 0.917. The van der Waals surface area contributed by atoms with Crippen molar-refractivity contribution in [3.8, 4) is 0 Å². The Morgan fingerprint density at radius 1 is 1.38 bits per heavy atom. The van der Waals surface area contributed by atoms with Crippen LogP contribution in [0.15, 0.2) is 0 Å². The van der Waals surface area contributed by atoms with Gasteiger partial charge in [0.15, 0.2) is 0 Å². The normalized spacial score (nSPS) is 31.1. The number of likely N-dealkylation sites (tertiary alicyclic amines) is 1. The maximum absolute atomic E-state index is 12.2. The molecule has 1 amide bonds. The molecule has 0 radical (unpaired) electrons. The molecular weight excluding hydrogens is 224 g/mol. The van der Waals surface area contributed by atoms with Gasteiger partial charge in [-0.2, -0.15) is 0 Å². The van der Waals surface area contributed by atoms with Crippen LogP contribution < -0.4 is 5.73 Å². The lowest BCUT2D eigenvalue weighted by atomic mass is 9.90. The molecule has 2 aliphatic rings. The summed E-state index contributed by atoms with van der Waals surface area (Å²) in [6.07, 6.45) is 4.26. The standard InChI is InChI=1S/C12H22N2O.ClH/c1-3-12(4-5-12)10(15)14-7-6-11(2,8-13)9-14;/h3-9,13H2,1-2H3;1H. The fourth-order valence-corrected chi connectivity index (χ4v) is 2.57. The summed E-state index contributed by atoms with van der Waals surface area (Å²) < 4.78 is 0. The zero-order valence-electron chi connectivity index (χ0n) is 10.3. The van der Waals surface area contributed by atoms with Crippen molar-refractivity contribution in [1.82, 2.24) is 4.90 Å². The zero-order chi connectivity index (χ0) is 11.1. The van der Waals surface area contributed by atoms with E-state index in [4.69, 9.17) is 5.73 Å². The third kappa shape index (κ3) is 2.21.